The van der Waals surface area contributed by atoms with Gasteiger partial charge in [0.05, 0.1) is 12.1 Å². The Labute approximate surface area is 107 Å². The summed E-state index contributed by atoms with van der Waals surface area (Å²) >= 11 is 0. The number of aliphatic hydroxyl groups excluding tert-OH is 1. The van der Waals surface area contributed by atoms with Gasteiger partial charge in [-0.1, -0.05) is 37.5 Å². The summed E-state index contributed by atoms with van der Waals surface area (Å²) in [6, 6.07) is 7.24. The zero-order valence-corrected chi connectivity index (χ0v) is 10.5. The second-order valence-electron chi connectivity index (χ2n) is 4.99. The van der Waals surface area contributed by atoms with Crippen molar-refractivity contribution in [3.63, 3.8) is 0 Å². The number of nitrogens with one attached hydrogen (secondary N) is 1. The topological polar surface area (TPSA) is 75.4 Å². The summed E-state index contributed by atoms with van der Waals surface area (Å²) in [6.45, 7) is -0.0893. The maximum Gasteiger partial charge on any atom is 0.244 e. The molecule has 4 heteroatoms. The van der Waals surface area contributed by atoms with E-state index in [0.29, 0.717) is 11.3 Å². The van der Waals surface area contributed by atoms with E-state index in [2.05, 4.69) is 5.32 Å². The molecule has 0 aromatic heterocycles. The predicted molar refractivity (Wildman–Crippen MR) is 71.0 cm³/mol. The van der Waals surface area contributed by atoms with Crippen molar-refractivity contribution in [3.05, 3.63) is 29.8 Å². The molecule has 98 valence electrons. The van der Waals surface area contributed by atoms with Crippen LogP contribution in [0.15, 0.2) is 24.3 Å². The van der Waals surface area contributed by atoms with Gasteiger partial charge in [0.25, 0.3) is 0 Å². The van der Waals surface area contributed by atoms with E-state index >= 15 is 0 Å². The summed E-state index contributed by atoms with van der Waals surface area (Å²) in [6.07, 6.45) is 4.64. The Morgan fingerprint density at radius 3 is 2.61 bits per heavy atom. The molecule has 1 aliphatic rings. The Morgan fingerprint density at radius 2 is 1.94 bits per heavy atom. The van der Waals surface area contributed by atoms with Crippen LogP contribution in [0.5, 0.6) is 0 Å². The number of hydrogen-bond donors (Lipinski definition) is 3. The standard InChI is InChI=1S/C14H20N2O2/c15-14(8-4-1-5-9-14)13(18)16-12-7-3-2-6-11(12)10-17/h2-3,6-7,17H,1,4-5,8-10,15H2,(H,16,18). The number of carbonyl (C=O) groups is 1. The molecular weight excluding hydrogens is 228 g/mol. The van der Waals surface area contributed by atoms with Gasteiger partial charge in [0.1, 0.15) is 0 Å². The van der Waals surface area contributed by atoms with Gasteiger partial charge in [0.2, 0.25) is 5.91 Å². The van der Waals surface area contributed by atoms with E-state index < -0.39 is 5.54 Å². The lowest BCUT2D eigenvalue weighted by Gasteiger charge is -2.32. The maximum atomic E-state index is 12.2. The molecule has 0 spiro atoms. The Morgan fingerprint density at radius 1 is 1.28 bits per heavy atom. The number of aliphatic hydroxyl groups is 1. The minimum atomic E-state index is -0.749. The lowest BCUT2D eigenvalue weighted by molar-refractivity contribution is -0.122. The van der Waals surface area contributed by atoms with Crippen molar-refractivity contribution in [1.82, 2.24) is 0 Å². The maximum absolute atomic E-state index is 12.2. The fourth-order valence-corrected chi connectivity index (χ4v) is 2.44. The van der Waals surface area contributed by atoms with Gasteiger partial charge in [-0.3, -0.25) is 4.79 Å². The molecule has 4 N–H and O–H groups in total. The molecule has 1 aromatic rings. The van der Waals surface area contributed by atoms with Crippen LogP contribution < -0.4 is 11.1 Å². The average Bonchev–Trinajstić information content (AvgIpc) is 2.40. The van der Waals surface area contributed by atoms with Gasteiger partial charge in [0, 0.05) is 11.3 Å². The van der Waals surface area contributed by atoms with Crippen molar-refractivity contribution in [1.29, 1.82) is 0 Å². The summed E-state index contributed by atoms with van der Waals surface area (Å²) in [5.74, 6) is -0.136. The van der Waals surface area contributed by atoms with Gasteiger partial charge < -0.3 is 16.2 Å². The van der Waals surface area contributed by atoms with E-state index in [4.69, 9.17) is 5.73 Å². The van der Waals surface area contributed by atoms with Crippen LogP contribution in [0, 0.1) is 0 Å². The van der Waals surface area contributed by atoms with Crippen LogP contribution in [-0.2, 0) is 11.4 Å². The van der Waals surface area contributed by atoms with Gasteiger partial charge >= 0.3 is 0 Å². The van der Waals surface area contributed by atoms with Crippen LogP contribution in [0.25, 0.3) is 0 Å². The van der Waals surface area contributed by atoms with Crippen LogP contribution in [0.1, 0.15) is 37.7 Å². The summed E-state index contributed by atoms with van der Waals surface area (Å²) in [7, 11) is 0. The molecule has 1 aliphatic carbocycles. The molecule has 1 fully saturated rings. The lowest BCUT2D eigenvalue weighted by atomic mass is 9.82. The number of rotatable bonds is 3. The first-order chi connectivity index (χ1) is 8.65. The molecule has 18 heavy (non-hydrogen) atoms. The summed E-state index contributed by atoms with van der Waals surface area (Å²) in [4.78, 5) is 12.2. The number of amides is 1. The molecule has 0 radical (unpaired) electrons. The van der Waals surface area contributed by atoms with Gasteiger partial charge in [0.15, 0.2) is 0 Å². The fraction of sp³-hybridized carbons (Fsp3) is 0.500. The van der Waals surface area contributed by atoms with E-state index in [0.717, 1.165) is 32.1 Å². The van der Waals surface area contributed by atoms with Crippen molar-refractivity contribution in [2.75, 3.05) is 5.32 Å². The fourth-order valence-electron chi connectivity index (χ4n) is 2.44. The normalized spacial score (nSPS) is 18.3. The van der Waals surface area contributed by atoms with E-state index in [1.54, 1.807) is 12.1 Å². The van der Waals surface area contributed by atoms with Crippen LogP contribution in [0.3, 0.4) is 0 Å². The molecule has 1 saturated carbocycles. The molecule has 0 atom stereocenters. The molecule has 0 saturated heterocycles. The van der Waals surface area contributed by atoms with Gasteiger partial charge in [-0.2, -0.15) is 0 Å². The molecule has 0 heterocycles. The molecular formula is C14H20N2O2. The molecule has 0 bridgehead atoms. The third-order valence-corrected chi connectivity index (χ3v) is 3.63. The quantitative estimate of drug-likeness (QED) is 0.763. The number of para-hydroxylation sites is 1. The number of carbonyl (C=O) groups excluding carboxylic acids is 1. The monoisotopic (exact) mass is 248 g/mol. The van der Waals surface area contributed by atoms with E-state index in [9.17, 15) is 9.90 Å². The Balaban J connectivity index is 2.10. The average molecular weight is 248 g/mol. The zero-order valence-electron chi connectivity index (χ0n) is 10.5. The first-order valence-corrected chi connectivity index (χ1v) is 6.45. The van der Waals surface area contributed by atoms with Crippen LogP contribution in [-0.4, -0.2) is 16.6 Å². The van der Waals surface area contributed by atoms with Crippen molar-refractivity contribution in [2.45, 2.75) is 44.2 Å². The number of anilines is 1. The first-order valence-electron chi connectivity index (χ1n) is 6.45. The molecule has 0 aliphatic heterocycles. The Hall–Kier alpha value is -1.39. The zero-order chi connectivity index (χ0) is 13.0. The SMILES string of the molecule is NC1(C(=O)Nc2ccccc2CO)CCCCC1. The number of hydrogen-bond acceptors (Lipinski definition) is 3. The molecule has 0 unspecified atom stereocenters. The summed E-state index contributed by atoms with van der Waals surface area (Å²) in [5.41, 5.74) is 6.78. The Bertz CT molecular complexity index is 426. The third kappa shape index (κ3) is 2.71. The highest BCUT2D eigenvalue weighted by atomic mass is 16.3. The number of nitrogens with two attached hydrogens (primary N) is 1. The highest BCUT2D eigenvalue weighted by Crippen LogP contribution is 2.27. The van der Waals surface area contributed by atoms with E-state index in [1.165, 1.54) is 0 Å². The van der Waals surface area contributed by atoms with Crippen molar-refractivity contribution < 1.29 is 9.90 Å². The minimum absolute atomic E-state index is 0.0893. The van der Waals surface area contributed by atoms with Crippen molar-refractivity contribution >= 4 is 11.6 Å². The smallest absolute Gasteiger partial charge is 0.244 e. The molecule has 2 rings (SSSR count). The lowest BCUT2D eigenvalue weighted by Crippen LogP contribution is -2.52. The molecule has 4 nitrogen and oxygen atoms in total. The molecule has 1 amide bonds. The summed E-state index contributed by atoms with van der Waals surface area (Å²) in [5, 5.41) is 12.1. The van der Waals surface area contributed by atoms with Crippen molar-refractivity contribution in [2.24, 2.45) is 5.73 Å². The Kier molecular flexibility index (Phi) is 3.99. The summed E-state index contributed by atoms with van der Waals surface area (Å²) < 4.78 is 0. The van der Waals surface area contributed by atoms with Gasteiger partial charge in [-0.25, -0.2) is 0 Å². The second kappa shape index (κ2) is 5.50. The molecule has 1 aromatic carbocycles. The highest BCUT2D eigenvalue weighted by molar-refractivity contribution is 5.98. The first kappa shape index (κ1) is 13.1. The van der Waals surface area contributed by atoms with E-state index in [1.807, 2.05) is 12.1 Å². The van der Waals surface area contributed by atoms with Gasteiger partial charge in [-0.05, 0) is 18.9 Å². The third-order valence-electron chi connectivity index (χ3n) is 3.63. The van der Waals surface area contributed by atoms with Crippen LogP contribution >= 0.6 is 0 Å². The largest absolute Gasteiger partial charge is 0.392 e. The van der Waals surface area contributed by atoms with Crippen molar-refractivity contribution in [3.8, 4) is 0 Å². The van der Waals surface area contributed by atoms with Gasteiger partial charge in [-0.15, -0.1) is 0 Å². The minimum Gasteiger partial charge on any atom is -0.392 e. The highest BCUT2D eigenvalue weighted by Gasteiger charge is 2.35. The van der Waals surface area contributed by atoms with E-state index in [-0.39, 0.29) is 12.5 Å². The predicted octanol–water partition coefficient (Wildman–Crippen LogP) is 1.78. The number of benzene rings is 1. The van der Waals surface area contributed by atoms with Crippen LogP contribution in [0.4, 0.5) is 5.69 Å². The second-order valence-corrected chi connectivity index (χ2v) is 4.99. The van der Waals surface area contributed by atoms with Crippen LogP contribution in [0.2, 0.25) is 0 Å².